The summed E-state index contributed by atoms with van der Waals surface area (Å²) in [5, 5.41) is 8.98. The molecule has 2 atom stereocenters. The van der Waals surface area contributed by atoms with Crippen molar-refractivity contribution in [2.75, 3.05) is 6.54 Å². The van der Waals surface area contributed by atoms with Crippen molar-refractivity contribution in [2.45, 2.75) is 38.8 Å². The summed E-state index contributed by atoms with van der Waals surface area (Å²) >= 11 is 0. The predicted octanol–water partition coefficient (Wildman–Crippen LogP) is 0.896. The number of carbonyl (C=O) groups excluding carboxylic acids is 2. The number of nitrogens with zero attached hydrogens (tertiary/aromatic N) is 1. The van der Waals surface area contributed by atoms with E-state index in [1.54, 1.807) is 20.8 Å². The van der Waals surface area contributed by atoms with Crippen molar-refractivity contribution in [1.82, 2.24) is 4.90 Å². The van der Waals surface area contributed by atoms with E-state index >= 15 is 0 Å². The Morgan fingerprint density at radius 2 is 2.00 bits per heavy atom. The van der Waals surface area contributed by atoms with Gasteiger partial charge in [-0.2, -0.15) is 0 Å². The van der Waals surface area contributed by atoms with E-state index in [1.807, 2.05) is 0 Å². The smallest absolute Gasteiger partial charge is 0.411 e. The molecule has 17 heavy (non-hydrogen) atoms. The summed E-state index contributed by atoms with van der Waals surface area (Å²) in [6.07, 6.45) is 0.146. The van der Waals surface area contributed by atoms with Gasteiger partial charge in [0.05, 0.1) is 0 Å². The first-order valence-corrected chi connectivity index (χ1v) is 5.42. The highest BCUT2D eigenvalue weighted by molar-refractivity contribution is 5.82. The predicted molar refractivity (Wildman–Crippen MR) is 58.5 cm³/mol. The highest BCUT2D eigenvalue weighted by Gasteiger charge is 2.41. The number of carboxylic acid groups (broad SMARTS) is 1. The van der Waals surface area contributed by atoms with Crippen LogP contribution in [-0.2, 0) is 14.3 Å². The number of rotatable bonds is 2. The molecule has 96 valence electrons. The van der Waals surface area contributed by atoms with Crippen LogP contribution in [0, 0.1) is 5.92 Å². The monoisotopic (exact) mass is 243 g/mol. The highest BCUT2D eigenvalue weighted by atomic mass is 16.6. The largest absolute Gasteiger partial charge is 0.480 e. The molecule has 6 heteroatoms. The van der Waals surface area contributed by atoms with Gasteiger partial charge >= 0.3 is 12.1 Å². The van der Waals surface area contributed by atoms with Crippen LogP contribution in [0.25, 0.3) is 0 Å². The fourth-order valence-electron chi connectivity index (χ4n) is 1.72. The Hall–Kier alpha value is -1.59. The molecular weight excluding hydrogens is 226 g/mol. The lowest BCUT2D eigenvalue weighted by Crippen LogP contribution is -2.43. The third-order valence-electron chi connectivity index (χ3n) is 2.44. The Kier molecular flexibility index (Phi) is 3.75. The SMILES string of the molecule is CC(C)(C)OC(=O)N1C[C@H](C=O)C[C@H]1C(=O)O. The number of hydrogen-bond donors (Lipinski definition) is 1. The molecular formula is C11H17NO5. The Labute approximate surface area is 99.5 Å². The molecule has 6 nitrogen and oxygen atoms in total. The van der Waals surface area contributed by atoms with Gasteiger partial charge in [-0.3, -0.25) is 4.90 Å². The molecule has 0 aromatic rings. The summed E-state index contributed by atoms with van der Waals surface area (Å²) in [7, 11) is 0. The average Bonchev–Trinajstić information content (AvgIpc) is 2.58. The third kappa shape index (κ3) is 3.44. The van der Waals surface area contributed by atoms with Crippen LogP contribution in [-0.4, -0.2) is 46.5 Å². The van der Waals surface area contributed by atoms with Crippen molar-refractivity contribution in [1.29, 1.82) is 0 Å². The summed E-state index contributed by atoms with van der Waals surface area (Å²) in [4.78, 5) is 34.5. The van der Waals surface area contributed by atoms with Crippen molar-refractivity contribution in [3.05, 3.63) is 0 Å². The van der Waals surface area contributed by atoms with Crippen molar-refractivity contribution in [2.24, 2.45) is 5.92 Å². The lowest BCUT2D eigenvalue weighted by Gasteiger charge is -2.26. The van der Waals surface area contributed by atoms with Gasteiger partial charge in [0.25, 0.3) is 0 Å². The number of carboxylic acids is 1. The van der Waals surface area contributed by atoms with Crippen LogP contribution in [0.3, 0.4) is 0 Å². The first kappa shape index (κ1) is 13.5. The molecule has 1 amide bonds. The van der Waals surface area contributed by atoms with Gasteiger partial charge < -0.3 is 14.6 Å². The minimum Gasteiger partial charge on any atom is -0.480 e. The Morgan fingerprint density at radius 1 is 1.41 bits per heavy atom. The van der Waals surface area contributed by atoms with E-state index in [9.17, 15) is 14.4 Å². The quantitative estimate of drug-likeness (QED) is 0.728. The van der Waals surface area contributed by atoms with Gasteiger partial charge in [0.2, 0.25) is 0 Å². The van der Waals surface area contributed by atoms with Gasteiger partial charge in [0.15, 0.2) is 0 Å². The number of aliphatic carboxylic acids is 1. The Bertz CT molecular complexity index is 333. The first-order valence-electron chi connectivity index (χ1n) is 5.42. The molecule has 0 unspecified atom stereocenters. The van der Waals surface area contributed by atoms with Crippen LogP contribution in [0.15, 0.2) is 0 Å². The maximum absolute atomic E-state index is 11.8. The normalized spacial score (nSPS) is 24.5. The van der Waals surface area contributed by atoms with Crippen LogP contribution >= 0.6 is 0 Å². The summed E-state index contributed by atoms with van der Waals surface area (Å²) < 4.78 is 5.10. The molecule has 0 aromatic heterocycles. The van der Waals surface area contributed by atoms with E-state index in [-0.39, 0.29) is 13.0 Å². The number of carbonyl (C=O) groups is 3. The second-order valence-electron chi connectivity index (χ2n) is 5.12. The summed E-state index contributed by atoms with van der Waals surface area (Å²) in [6, 6.07) is -0.972. The van der Waals surface area contributed by atoms with E-state index in [2.05, 4.69) is 0 Å². The molecule has 0 spiro atoms. The fourth-order valence-corrected chi connectivity index (χ4v) is 1.72. The van der Waals surface area contributed by atoms with Crippen molar-refractivity contribution in [3.8, 4) is 0 Å². The zero-order chi connectivity index (χ0) is 13.2. The maximum Gasteiger partial charge on any atom is 0.411 e. The summed E-state index contributed by atoms with van der Waals surface area (Å²) in [6.45, 7) is 5.21. The molecule has 0 aromatic carbocycles. The molecule has 1 heterocycles. The number of hydrogen-bond acceptors (Lipinski definition) is 4. The minimum absolute atomic E-state index is 0.107. The maximum atomic E-state index is 11.8. The molecule has 1 N–H and O–H groups in total. The van der Waals surface area contributed by atoms with Gasteiger partial charge in [-0.15, -0.1) is 0 Å². The van der Waals surface area contributed by atoms with Crippen LogP contribution in [0.5, 0.6) is 0 Å². The Balaban J connectivity index is 2.77. The van der Waals surface area contributed by atoms with E-state index in [0.29, 0.717) is 6.29 Å². The molecule has 1 aliphatic rings. The number of likely N-dealkylation sites (tertiary alicyclic amines) is 1. The van der Waals surface area contributed by atoms with Crippen molar-refractivity contribution < 1.29 is 24.2 Å². The summed E-state index contributed by atoms with van der Waals surface area (Å²) in [5.41, 5.74) is -0.681. The number of amides is 1. The van der Waals surface area contributed by atoms with Gasteiger partial charge in [0, 0.05) is 12.5 Å². The average molecular weight is 243 g/mol. The van der Waals surface area contributed by atoms with Gasteiger partial charge in [0.1, 0.15) is 17.9 Å². The Morgan fingerprint density at radius 3 is 2.41 bits per heavy atom. The lowest BCUT2D eigenvalue weighted by molar-refractivity contribution is -0.142. The van der Waals surface area contributed by atoms with Crippen LogP contribution < -0.4 is 0 Å². The van der Waals surface area contributed by atoms with E-state index < -0.39 is 29.6 Å². The van der Waals surface area contributed by atoms with Gasteiger partial charge in [-0.05, 0) is 27.2 Å². The van der Waals surface area contributed by atoms with E-state index in [4.69, 9.17) is 9.84 Å². The fraction of sp³-hybridized carbons (Fsp3) is 0.727. The molecule has 1 saturated heterocycles. The first-order chi connectivity index (χ1) is 7.74. The van der Waals surface area contributed by atoms with Gasteiger partial charge in [-0.1, -0.05) is 0 Å². The number of aldehydes is 1. The standard InChI is InChI=1S/C11H17NO5/c1-11(2,3)17-10(16)12-5-7(6-13)4-8(12)9(14)15/h6-8H,4-5H2,1-3H3,(H,14,15)/t7-,8+/m1/s1. The van der Waals surface area contributed by atoms with Crippen molar-refractivity contribution in [3.63, 3.8) is 0 Å². The van der Waals surface area contributed by atoms with E-state index in [1.165, 1.54) is 0 Å². The summed E-state index contributed by atoms with van der Waals surface area (Å²) in [5.74, 6) is -1.54. The zero-order valence-electron chi connectivity index (χ0n) is 10.2. The second-order valence-corrected chi connectivity index (χ2v) is 5.12. The van der Waals surface area contributed by atoms with Gasteiger partial charge in [-0.25, -0.2) is 9.59 Å². The van der Waals surface area contributed by atoms with Crippen LogP contribution in [0.1, 0.15) is 27.2 Å². The second kappa shape index (κ2) is 4.73. The molecule has 0 bridgehead atoms. The molecule has 0 aliphatic carbocycles. The molecule has 0 saturated carbocycles. The lowest BCUT2D eigenvalue weighted by atomic mass is 10.1. The zero-order valence-corrected chi connectivity index (χ0v) is 10.2. The van der Waals surface area contributed by atoms with E-state index in [0.717, 1.165) is 4.90 Å². The minimum atomic E-state index is -1.11. The molecule has 0 radical (unpaired) electrons. The van der Waals surface area contributed by atoms with Crippen molar-refractivity contribution >= 4 is 18.3 Å². The topological polar surface area (TPSA) is 83.9 Å². The molecule has 1 aliphatic heterocycles. The number of ether oxygens (including phenoxy) is 1. The van der Waals surface area contributed by atoms with Crippen LogP contribution in [0.2, 0.25) is 0 Å². The molecule has 1 rings (SSSR count). The highest BCUT2D eigenvalue weighted by Crippen LogP contribution is 2.24. The third-order valence-corrected chi connectivity index (χ3v) is 2.44. The van der Waals surface area contributed by atoms with Crippen LogP contribution in [0.4, 0.5) is 4.79 Å². The molecule has 1 fully saturated rings.